The molecule has 1 aromatic heterocycles. The van der Waals surface area contributed by atoms with Gasteiger partial charge in [0.05, 0.1) is 12.2 Å². The van der Waals surface area contributed by atoms with Crippen molar-refractivity contribution in [2.75, 3.05) is 24.6 Å². The second kappa shape index (κ2) is 6.08. The summed E-state index contributed by atoms with van der Waals surface area (Å²) in [6, 6.07) is 7.10. The van der Waals surface area contributed by atoms with E-state index in [2.05, 4.69) is 10.1 Å². The van der Waals surface area contributed by atoms with Gasteiger partial charge in [-0.15, -0.1) is 0 Å². The van der Waals surface area contributed by atoms with E-state index in [0.29, 0.717) is 23.7 Å². The van der Waals surface area contributed by atoms with Crippen LogP contribution >= 0.6 is 0 Å². The van der Waals surface area contributed by atoms with Gasteiger partial charge in [0.15, 0.2) is 11.6 Å². The van der Waals surface area contributed by atoms with E-state index in [1.54, 1.807) is 12.1 Å². The number of aromatic nitrogens is 1. The van der Waals surface area contributed by atoms with Crippen LogP contribution in [0.25, 0.3) is 11.3 Å². The fourth-order valence-corrected chi connectivity index (χ4v) is 2.64. The van der Waals surface area contributed by atoms with Gasteiger partial charge in [-0.2, -0.15) is 0 Å². The zero-order chi connectivity index (χ0) is 14.7. The van der Waals surface area contributed by atoms with Gasteiger partial charge < -0.3 is 19.3 Å². The Hall–Kier alpha value is -2.17. The van der Waals surface area contributed by atoms with Crippen molar-refractivity contribution in [1.82, 2.24) is 5.16 Å². The van der Waals surface area contributed by atoms with E-state index < -0.39 is 0 Å². The van der Waals surface area contributed by atoms with Crippen LogP contribution in [0.5, 0.6) is 11.5 Å². The molecule has 1 saturated heterocycles. The molecule has 1 aromatic carbocycles. The van der Waals surface area contributed by atoms with E-state index in [-0.39, 0.29) is 5.75 Å². The van der Waals surface area contributed by atoms with Gasteiger partial charge in [-0.3, -0.25) is 0 Å². The lowest BCUT2D eigenvalue weighted by atomic mass is 10.1. The molecular weight excluding hydrogens is 268 g/mol. The summed E-state index contributed by atoms with van der Waals surface area (Å²) in [6.07, 6.45) is 3.66. The van der Waals surface area contributed by atoms with Gasteiger partial charge in [-0.05, 0) is 38.3 Å². The number of anilines is 1. The Morgan fingerprint density at radius 3 is 2.76 bits per heavy atom. The minimum atomic E-state index is 0.141. The van der Waals surface area contributed by atoms with E-state index in [4.69, 9.17) is 9.26 Å². The van der Waals surface area contributed by atoms with Crippen molar-refractivity contribution in [2.45, 2.75) is 26.2 Å². The number of benzene rings is 1. The van der Waals surface area contributed by atoms with Gasteiger partial charge in [0.1, 0.15) is 11.5 Å². The molecule has 1 N–H and O–H groups in total. The highest BCUT2D eigenvalue weighted by atomic mass is 16.5. The largest absolute Gasteiger partial charge is 0.507 e. The Labute approximate surface area is 124 Å². The van der Waals surface area contributed by atoms with Crippen LogP contribution in [0.3, 0.4) is 0 Å². The summed E-state index contributed by atoms with van der Waals surface area (Å²) < 4.78 is 10.8. The molecule has 1 aliphatic heterocycles. The van der Waals surface area contributed by atoms with Crippen LogP contribution in [0.15, 0.2) is 28.8 Å². The Bertz CT molecular complexity index is 603. The van der Waals surface area contributed by atoms with Gasteiger partial charge in [0.2, 0.25) is 0 Å². The summed E-state index contributed by atoms with van der Waals surface area (Å²) in [5.74, 6) is 2.21. The average Bonchev–Trinajstić information content (AvgIpc) is 2.98. The molecular formula is C16H20N2O3. The number of rotatable bonds is 4. The smallest absolute Gasteiger partial charge is 0.172 e. The summed E-state index contributed by atoms with van der Waals surface area (Å²) in [5, 5.41) is 14.2. The average molecular weight is 288 g/mol. The maximum absolute atomic E-state index is 10.1. The first-order valence-electron chi connectivity index (χ1n) is 7.46. The minimum absolute atomic E-state index is 0.141. The second-order valence-corrected chi connectivity index (χ2v) is 5.21. The van der Waals surface area contributed by atoms with Gasteiger partial charge in [-0.25, -0.2) is 0 Å². The molecule has 112 valence electrons. The number of piperidine rings is 1. The normalized spacial score (nSPS) is 15.2. The summed E-state index contributed by atoms with van der Waals surface area (Å²) in [6.45, 7) is 4.51. The Balaban J connectivity index is 1.82. The van der Waals surface area contributed by atoms with Crippen molar-refractivity contribution in [1.29, 1.82) is 0 Å². The molecule has 5 nitrogen and oxygen atoms in total. The molecule has 0 aliphatic carbocycles. The number of ether oxygens (including phenoxy) is 1. The molecule has 5 heteroatoms. The van der Waals surface area contributed by atoms with Gasteiger partial charge in [0.25, 0.3) is 0 Å². The first kappa shape index (κ1) is 13.8. The van der Waals surface area contributed by atoms with Crippen molar-refractivity contribution in [3.8, 4) is 22.8 Å². The Kier molecular flexibility index (Phi) is 3.99. The third kappa shape index (κ3) is 2.96. The third-order valence-electron chi connectivity index (χ3n) is 3.72. The summed E-state index contributed by atoms with van der Waals surface area (Å²) in [7, 11) is 0. The highest BCUT2D eigenvalue weighted by Crippen LogP contribution is 2.34. The molecule has 0 unspecified atom stereocenters. The van der Waals surface area contributed by atoms with E-state index in [9.17, 15) is 5.11 Å². The molecule has 2 heterocycles. The van der Waals surface area contributed by atoms with E-state index >= 15 is 0 Å². The van der Waals surface area contributed by atoms with Crippen molar-refractivity contribution in [2.24, 2.45) is 0 Å². The number of nitrogens with zero attached hydrogens (tertiary/aromatic N) is 2. The van der Waals surface area contributed by atoms with Gasteiger partial charge in [0, 0.05) is 25.2 Å². The molecule has 3 rings (SSSR count). The zero-order valence-corrected chi connectivity index (χ0v) is 12.2. The van der Waals surface area contributed by atoms with Crippen LogP contribution in [0.2, 0.25) is 0 Å². The summed E-state index contributed by atoms with van der Waals surface area (Å²) in [4.78, 5) is 2.22. The zero-order valence-electron chi connectivity index (χ0n) is 12.2. The Morgan fingerprint density at radius 2 is 2.05 bits per heavy atom. The van der Waals surface area contributed by atoms with Crippen LogP contribution in [0.1, 0.15) is 26.2 Å². The topological polar surface area (TPSA) is 58.7 Å². The molecule has 1 aliphatic rings. The standard InChI is InChI=1S/C16H20N2O3/c1-2-20-12-6-7-13(14(19)10-12)15-11-16(17-21-15)18-8-4-3-5-9-18/h6-7,10-11,19H,2-5,8-9H2,1H3. The van der Waals surface area contributed by atoms with Crippen molar-refractivity contribution < 1.29 is 14.4 Å². The molecule has 0 radical (unpaired) electrons. The number of hydrogen-bond acceptors (Lipinski definition) is 5. The third-order valence-corrected chi connectivity index (χ3v) is 3.72. The van der Waals surface area contributed by atoms with E-state index in [1.807, 2.05) is 19.1 Å². The molecule has 0 spiro atoms. The second-order valence-electron chi connectivity index (χ2n) is 5.21. The monoisotopic (exact) mass is 288 g/mol. The van der Waals surface area contributed by atoms with Crippen molar-refractivity contribution >= 4 is 5.82 Å². The lowest BCUT2D eigenvalue weighted by Crippen LogP contribution is -2.29. The maximum Gasteiger partial charge on any atom is 0.172 e. The van der Waals surface area contributed by atoms with Gasteiger partial charge in [-0.1, -0.05) is 5.16 Å². The van der Waals surface area contributed by atoms with Crippen molar-refractivity contribution in [3.05, 3.63) is 24.3 Å². The fourth-order valence-electron chi connectivity index (χ4n) is 2.64. The first-order valence-corrected chi connectivity index (χ1v) is 7.46. The molecule has 0 bridgehead atoms. The fraction of sp³-hybridized carbons (Fsp3) is 0.438. The highest BCUT2D eigenvalue weighted by Gasteiger charge is 2.17. The maximum atomic E-state index is 10.1. The molecule has 0 atom stereocenters. The predicted molar refractivity (Wildman–Crippen MR) is 80.8 cm³/mol. The van der Waals surface area contributed by atoms with Crippen LogP contribution in [-0.2, 0) is 0 Å². The molecule has 0 amide bonds. The quantitative estimate of drug-likeness (QED) is 0.934. The number of phenolic OH excluding ortho intramolecular Hbond substituents is 1. The minimum Gasteiger partial charge on any atom is -0.507 e. The van der Waals surface area contributed by atoms with Crippen molar-refractivity contribution in [3.63, 3.8) is 0 Å². The summed E-state index contributed by atoms with van der Waals surface area (Å²) >= 11 is 0. The SMILES string of the molecule is CCOc1ccc(-c2cc(N3CCCCC3)no2)c(O)c1. The molecule has 21 heavy (non-hydrogen) atoms. The molecule has 1 fully saturated rings. The number of phenols is 1. The van der Waals surface area contributed by atoms with E-state index in [1.165, 1.54) is 19.3 Å². The highest BCUT2D eigenvalue weighted by molar-refractivity contribution is 5.68. The van der Waals surface area contributed by atoms with Crippen LogP contribution in [0, 0.1) is 0 Å². The number of hydrogen-bond donors (Lipinski definition) is 1. The van der Waals surface area contributed by atoms with Crippen LogP contribution in [-0.4, -0.2) is 30.0 Å². The number of aromatic hydroxyl groups is 1. The molecule has 2 aromatic rings. The van der Waals surface area contributed by atoms with Gasteiger partial charge >= 0.3 is 0 Å². The van der Waals surface area contributed by atoms with E-state index in [0.717, 1.165) is 18.9 Å². The van der Waals surface area contributed by atoms with Crippen LogP contribution in [0.4, 0.5) is 5.82 Å². The summed E-state index contributed by atoms with van der Waals surface area (Å²) in [5.41, 5.74) is 0.634. The van der Waals surface area contributed by atoms with Crippen LogP contribution < -0.4 is 9.64 Å². The lowest BCUT2D eigenvalue weighted by Gasteiger charge is -2.25. The predicted octanol–water partition coefficient (Wildman–Crippen LogP) is 3.44. The molecule has 0 saturated carbocycles. The first-order chi connectivity index (χ1) is 10.3. The lowest BCUT2D eigenvalue weighted by molar-refractivity contribution is 0.337. The Morgan fingerprint density at radius 1 is 1.24 bits per heavy atom.